The van der Waals surface area contributed by atoms with Crippen molar-refractivity contribution in [1.82, 2.24) is 0 Å². The number of benzene rings is 2. The molecule has 0 heterocycles. The lowest BCUT2D eigenvalue weighted by Crippen LogP contribution is -2.30. The summed E-state index contributed by atoms with van der Waals surface area (Å²) in [6.45, 7) is 0. The van der Waals surface area contributed by atoms with Crippen LogP contribution < -0.4 is 0 Å². The lowest BCUT2D eigenvalue weighted by Gasteiger charge is -2.27. The highest BCUT2D eigenvalue weighted by atomic mass is 16.4. The summed E-state index contributed by atoms with van der Waals surface area (Å²) < 4.78 is 0. The first-order chi connectivity index (χ1) is 9.68. The van der Waals surface area contributed by atoms with Crippen molar-refractivity contribution >= 4 is 11.8 Å². The van der Waals surface area contributed by atoms with Gasteiger partial charge in [0.25, 0.3) is 0 Å². The zero-order chi connectivity index (χ0) is 13.9. The first-order valence-corrected chi connectivity index (χ1v) is 6.66. The van der Waals surface area contributed by atoms with E-state index >= 15 is 0 Å². The Balaban J connectivity index is 2.08. The van der Waals surface area contributed by atoms with Gasteiger partial charge in [-0.25, -0.2) is 0 Å². The van der Waals surface area contributed by atoms with Gasteiger partial charge >= 0.3 is 5.97 Å². The van der Waals surface area contributed by atoms with E-state index in [-0.39, 0.29) is 18.1 Å². The molecule has 0 aliphatic heterocycles. The van der Waals surface area contributed by atoms with Crippen LogP contribution in [-0.4, -0.2) is 16.9 Å². The van der Waals surface area contributed by atoms with Crippen molar-refractivity contribution < 1.29 is 14.7 Å². The van der Waals surface area contributed by atoms with Crippen molar-refractivity contribution in [3.63, 3.8) is 0 Å². The van der Waals surface area contributed by atoms with E-state index in [0.717, 1.165) is 22.3 Å². The monoisotopic (exact) mass is 264 g/mol. The highest BCUT2D eigenvalue weighted by Crippen LogP contribution is 2.52. The van der Waals surface area contributed by atoms with Crippen LogP contribution in [0, 0.1) is 5.92 Å². The van der Waals surface area contributed by atoms with Gasteiger partial charge in [-0.05, 0) is 22.3 Å². The minimum Gasteiger partial charge on any atom is -0.481 e. The molecule has 0 fully saturated rings. The second-order valence-electron chi connectivity index (χ2n) is 5.40. The lowest BCUT2D eigenvalue weighted by atomic mass is 9.74. The highest BCUT2D eigenvalue weighted by Gasteiger charge is 2.44. The molecule has 3 nitrogen and oxygen atoms in total. The number of hydrogen-bond donors (Lipinski definition) is 1. The van der Waals surface area contributed by atoms with Crippen molar-refractivity contribution in [2.75, 3.05) is 0 Å². The minimum absolute atomic E-state index is 0.0571. The molecule has 2 atom stereocenters. The average molecular weight is 264 g/mol. The van der Waals surface area contributed by atoms with E-state index in [4.69, 9.17) is 0 Å². The van der Waals surface area contributed by atoms with Crippen molar-refractivity contribution in [2.24, 2.45) is 5.92 Å². The second-order valence-corrected chi connectivity index (χ2v) is 5.40. The van der Waals surface area contributed by atoms with Crippen molar-refractivity contribution in [3.05, 3.63) is 59.2 Å². The second kappa shape index (κ2) is 3.79. The van der Waals surface area contributed by atoms with E-state index < -0.39 is 11.9 Å². The average Bonchev–Trinajstić information content (AvgIpc) is 2.79. The van der Waals surface area contributed by atoms with E-state index in [0.29, 0.717) is 5.56 Å². The van der Waals surface area contributed by atoms with Crippen LogP contribution in [0.2, 0.25) is 0 Å². The molecule has 98 valence electrons. The molecule has 1 N–H and O–H groups in total. The molecule has 3 heteroatoms. The van der Waals surface area contributed by atoms with Crippen LogP contribution in [0.5, 0.6) is 0 Å². The summed E-state index contributed by atoms with van der Waals surface area (Å²) in [5.41, 5.74) is 4.73. The van der Waals surface area contributed by atoms with Crippen LogP contribution in [0.15, 0.2) is 42.5 Å². The number of carboxylic acids is 1. The maximum Gasteiger partial charge on any atom is 0.307 e. The molecule has 2 aromatic rings. The summed E-state index contributed by atoms with van der Waals surface area (Å²) in [4.78, 5) is 23.8. The Morgan fingerprint density at radius 2 is 1.70 bits per heavy atom. The lowest BCUT2D eigenvalue weighted by molar-refractivity contribution is -0.142. The van der Waals surface area contributed by atoms with E-state index in [1.807, 2.05) is 42.5 Å². The number of carbonyl (C=O) groups excluding carboxylic acids is 1. The standard InChI is InChI=1S/C17H12O3/c18-14-8-13(17(19)20)16-10-5-2-1-4-9(10)11-6-3-7-12(14)15(11)16/h1-7,13,16H,8H2,(H,19,20)/t13-,16+/m0/s1. The molecule has 0 amide bonds. The molecule has 2 aromatic carbocycles. The predicted molar refractivity (Wildman–Crippen MR) is 73.8 cm³/mol. The predicted octanol–water partition coefficient (Wildman–Crippen LogP) is 3.09. The van der Waals surface area contributed by atoms with E-state index in [1.165, 1.54) is 0 Å². The van der Waals surface area contributed by atoms with Gasteiger partial charge in [-0.1, -0.05) is 42.5 Å². The molecule has 0 saturated heterocycles. The summed E-state index contributed by atoms with van der Waals surface area (Å²) in [5, 5.41) is 9.48. The number of hydrogen-bond acceptors (Lipinski definition) is 2. The van der Waals surface area contributed by atoms with E-state index in [2.05, 4.69) is 0 Å². The third kappa shape index (κ3) is 1.29. The van der Waals surface area contributed by atoms with Gasteiger partial charge in [0.1, 0.15) is 0 Å². The van der Waals surface area contributed by atoms with Gasteiger partial charge in [0.05, 0.1) is 5.92 Å². The fourth-order valence-electron chi connectivity index (χ4n) is 3.62. The number of fused-ring (bicyclic) bond motifs is 3. The molecular formula is C17H12O3. The molecule has 0 spiro atoms. The van der Waals surface area contributed by atoms with Crippen LogP contribution in [0.1, 0.15) is 33.8 Å². The van der Waals surface area contributed by atoms with Crippen molar-refractivity contribution in [3.8, 4) is 11.1 Å². The van der Waals surface area contributed by atoms with Crippen molar-refractivity contribution in [1.29, 1.82) is 0 Å². The SMILES string of the molecule is O=C1C[C@H](C(=O)O)[C@H]2c3ccccc3-c3cccc1c32. The third-order valence-electron chi connectivity index (χ3n) is 4.43. The molecule has 0 radical (unpaired) electrons. The van der Waals surface area contributed by atoms with Gasteiger partial charge < -0.3 is 5.11 Å². The number of Topliss-reactive ketones (excluding diaryl/α,β-unsaturated/α-hetero) is 1. The topological polar surface area (TPSA) is 54.4 Å². The minimum atomic E-state index is -0.888. The summed E-state index contributed by atoms with van der Waals surface area (Å²) >= 11 is 0. The maximum absolute atomic E-state index is 12.2. The largest absolute Gasteiger partial charge is 0.481 e. The fraction of sp³-hybridized carbons (Fsp3) is 0.176. The molecule has 4 rings (SSSR count). The zero-order valence-electron chi connectivity index (χ0n) is 10.7. The molecule has 0 aromatic heterocycles. The smallest absolute Gasteiger partial charge is 0.307 e. The summed E-state index contributed by atoms with van der Waals surface area (Å²) in [6.07, 6.45) is 0.0881. The van der Waals surface area contributed by atoms with Crippen LogP contribution in [0.4, 0.5) is 0 Å². The van der Waals surface area contributed by atoms with Crippen LogP contribution in [0.25, 0.3) is 11.1 Å². The molecule has 0 bridgehead atoms. The Hall–Kier alpha value is -2.42. The fourth-order valence-corrected chi connectivity index (χ4v) is 3.62. The van der Waals surface area contributed by atoms with Crippen LogP contribution in [0.3, 0.4) is 0 Å². The number of carboxylic acid groups (broad SMARTS) is 1. The Morgan fingerprint density at radius 3 is 2.50 bits per heavy atom. The normalized spacial score (nSPS) is 22.3. The van der Waals surface area contributed by atoms with E-state index in [1.54, 1.807) is 0 Å². The van der Waals surface area contributed by atoms with Crippen molar-refractivity contribution in [2.45, 2.75) is 12.3 Å². The van der Waals surface area contributed by atoms with Gasteiger partial charge in [0, 0.05) is 17.9 Å². The Labute approximate surface area is 115 Å². The van der Waals surface area contributed by atoms with Gasteiger partial charge in [0.15, 0.2) is 5.78 Å². The van der Waals surface area contributed by atoms with Gasteiger partial charge in [-0.15, -0.1) is 0 Å². The molecule has 2 aliphatic rings. The van der Waals surface area contributed by atoms with E-state index in [9.17, 15) is 14.7 Å². The Kier molecular flexibility index (Phi) is 2.16. The first kappa shape index (κ1) is 11.4. The highest BCUT2D eigenvalue weighted by molar-refractivity contribution is 6.05. The summed E-state index contributed by atoms with van der Waals surface area (Å²) in [5.74, 6) is -1.79. The molecule has 0 unspecified atom stereocenters. The quantitative estimate of drug-likeness (QED) is 0.861. The molecule has 20 heavy (non-hydrogen) atoms. The number of ketones is 1. The number of rotatable bonds is 1. The Morgan fingerprint density at radius 1 is 1.00 bits per heavy atom. The van der Waals surface area contributed by atoms with Gasteiger partial charge in [-0.3, -0.25) is 9.59 Å². The van der Waals surface area contributed by atoms with Crippen LogP contribution in [-0.2, 0) is 4.79 Å². The third-order valence-corrected chi connectivity index (χ3v) is 4.43. The number of carbonyl (C=O) groups is 2. The summed E-state index contributed by atoms with van der Waals surface area (Å²) in [7, 11) is 0. The molecule has 0 saturated carbocycles. The van der Waals surface area contributed by atoms with Gasteiger partial charge in [0.2, 0.25) is 0 Å². The maximum atomic E-state index is 12.2. The first-order valence-electron chi connectivity index (χ1n) is 6.66. The molecular weight excluding hydrogens is 252 g/mol. The zero-order valence-corrected chi connectivity index (χ0v) is 10.7. The van der Waals surface area contributed by atoms with Crippen LogP contribution >= 0.6 is 0 Å². The van der Waals surface area contributed by atoms with Gasteiger partial charge in [-0.2, -0.15) is 0 Å². The molecule has 2 aliphatic carbocycles. The number of aliphatic carboxylic acids is 1. The summed E-state index contributed by atoms with van der Waals surface area (Å²) in [6, 6.07) is 13.6. The Bertz CT molecular complexity index is 761.